The number of nitrogens with zero attached hydrogens (tertiary/aromatic N) is 3. The fourth-order valence-corrected chi connectivity index (χ4v) is 3.83. The van der Waals surface area contributed by atoms with Crippen molar-refractivity contribution in [3.63, 3.8) is 0 Å². The summed E-state index contributed by atoms with van der Waals surface area (Å²) in [6.07, 6.45) is 0. The Kier molecular flexibility index (Phi) is 4.82. The third-order valence-electron chi connectivity index (χ3n) is 4.40. The second-order valence-corrected chi connectivity index (χ2v) is 7.34. The van der Waals surface area contributed by atoms with E-state index in [1.807, 2.05) is 43.3 Å². The van der Waals surface area contributed by atoms with Crippen LogP contribution in [-0.2, 0) is 6.61 Å². The Morgan fingerprint density at radius 1 is 0.963 bits per heavy atom. The van der Waals surface area contributed by atoms with Crippen molar-refractivity contribution in [1.82, 2.24) is 14.6 Å². The molecule has 1 N–H and O–H groups in total. The molecule has 27 heavy (non-hydrogen) atoms. The van der Waals surface area contributed by atoms with Crippen LogP contribution in [0.4, 0.5) is 0 Å². The van der Waals surface area contributed by atoms with Crippen molar-refractivity contribution in [2.45, 2.75) is 13.5 Å². The van der Waals surface area contributed by atoms with Crippen LogP contribution in [0.25, 0.3) is 28.2 Å². The van der Waals surface area contributed by atoms with Crippen LogP contribution in [0.1, 0.15) is 11.3 Å². The average Bonchev–Trinajstić information content (AvgIpc) is 3.04. The summed E-state index contributed by atoms with van der Waals surface area (Å²) in [6.45, 7) is 1.66. The van der Waals surface area contributed by atoms with Gasteiger partial charge in [0.15, 0.2) is 5.65 Å². The number of hydrogen-bond acceptors (Lipinski definition) is 3. The van der Waals surface area contributed by atoms with E-state index < -0.39 is 0 Å². The molecule has 4 rings (SSSR count). The molecule has 7 heteroatoms. The van der Waals surface area contributed by atoms with Crippen LogP contribution in [0.5, 0.6) is 0 Å². The first-order valence-corrected chi connectivity index (χ1v) is 9.33. The van der Waals surface area contributed by atoms with Crippen molar-refractivity contribution in [3.8, 4) is 22.5 Å². The maximum atomic E-state index is 9.96. The monoisotopic (exact) mass is 417 g/mol. The second kappa shape index (κ2) is 7.13. The summed E-state index contributed by atoms with van der Waals surface area (Å²) in [5.74, 6) is 0. The number of aromatic nitrogens is 3. The van der Waals surface area contributed by atoms with Crippen LogP contribution < -0.4 is 0 Å². The van der Waals surface area contributed by atoms with E-state index in [0.717, 1.165) is 11.1 Å². The fraction of sp³-hybridized carbons (Fsp3) is 0.100. The van der Waals surface area contributed by atoms with Gasteiger partial charge in [0.2, 0.25) is 0 Å². The zero-order valence-corrected chi connectivity index (χ0v) is 16.5. The van der Waals surface area contributed by atoms with Crippen LogP contribution in [0.3, 0.4) is 0 Å². The van der Waals surface area contributed by atoms with Crippen molar-refractivity contribution in [3.05, 3.63) is 74.9 Å². The molecule has 0 radical (unpaired) electrons. The Balaban J connectivity index is 2.05. The lowest BCUT2D eigenvalue weighted by atomic mass is 10.0. The molecule has 0 aliphatic heterocycles. The van der Waals surface area contributed by atoms with E-state index in [9.17, 15) is 5.11 Å². The highest BCUT2D eigenvalue weighted by Crippen LogP contribution is 2.35. The lowest BCUT2D eigenvalue weighted by Crippen LogP contribution is -2.06. The maximum Gasteiger partial charge on any atom is 0.156 e. The molecule has 0 aliphatic rings. The lowest BCUT2D eigenvalue weighted by Gasteiger charge is -2.14. The first-order chi connectivity index (χ1) is 13.0. The number of aliphatic hydroxyl groups is 1. The predicted molar refractivity (Wildman–Crippen MR) is 110 cm³/mol. The molecule has 0 atom stereocenters. The molecular weight excluding hydrogens is 405 g/mol. The molecule has 0 unspecified atom stereocenters. The quantitative estimate of drug-likeness (QED) is 0.456. The van der Waals surface area contributed by atoms with Gasteiger partial charge in [0, 0.05) is 33.5 Å². The van der Waals surface area contributed by atoms with Gasteiger partial charge in [-0.1, -0.05) is 53.0 Å². The SMILES string of the molecule is Cc1nc2cc(-c3ccccc3Cl)nn2c(-c2ccc(Cl)cc2Cl)c1CO. The highest BCUT2D eigenvalue weighted by Gasteiger charge is 2.19. The number of fused-ring (bicyclic) bond motifs is 1. The summed E-state index contributed by atoms with van der Waals surface area (Å²) < 4.78 is 1.69. The van der Waals surface area contributed by atoms with E-state index in [1.165, 1.54) is 0 Å². The normalized spacial score (nSPS) is 11.3. The van der Waals surface area contributed by atoms with Gasteiger partial charge in [-0.2, -0.15) is 5.10 Å². The van der Waals surface area contributed by atoms with Crippen molar-refractivity contribution in [2.24, 2.45) is 0 Å². The van der Waals surface area contributed by atoms with Gasteiger partial charge in [0.25, 0.3) is 0 Å². The van der Waals surface area contributed by atoms with Gasteiger partial charge in [-0.15, -0.1) is 0 Å². The van der Waals surface area contributed by atoms with Gasteiger partial charge in [-0.25, -0.2) is 9.50 Å². The van der Waals surface area contributed by atoms with Crippen molar-refractivity contribution >= 4 is 40.4 Å². The average molecular weight is 419 g/mol. The second-order valence-electron chi connectivity index (χ2n) is 6.09. The zero-order valence-electron chi connectivity index (χ0n) is 14.2. The number of halogens is 3. The van der Waals surface area contributed by atoms with Crippen molar-refractivity contribution < 1.29 is 5.11 Å². The largest absolute Gasteiger partial charge is 0.392 e. The van der Waals surface area contributed by atoms with Gasteiger partial charge < -0.3 is 5.11 Å². The third kappa shape index (κ3) is 3.19. The summed E-state index contributed by atoms with van der Waals surface area (Å²) in [6, 6.07) is 14.6. The van der Waals surface area contributed by atoms with Gasteiger partial charge >= 0.3 is 0 Å². The number of aliphatic hydroxyl groups excluding tert-OH is 1. The highest BCUT2D eigenvalue weighted by molar-refractivity contribution is 6.36. The smallest absolute Gasteiger partial charge is 0.156 e. The minimum absolute atomic E-state index is 0.190. The van der Waals surface area contributed by atoms with Gasteiger partial charge in [0.05, 0.1) is 28.0 Å². The third-order valence-corrected chi connectivity index (χ3v) is 5.28. The summed E-state index contributed by atoms with van der Waals surface area (Å²) in [4.78, 5) is 4.58. The summed E-state index contributed by atoms with van der Waals surface area (Å²) in [7, 11) is 0. The lowest BCUT2D eigenvalue weighted by molar-refractivity contribution is 0.280. The molecule has 4 aromatic rings. The van der Waals surface area contributed by atoms with E-state index >= 15 is 0 Å². The van der Waals surface area contributed by atoms with Crippen LogP contribution in [0.2, 0.25) is 15.1 Å². The number of hydrogen-bond donors (Lipinski definition) is 1. The van der Waals surface area contributed by atoms with E-state index in [2.05, 4.69) is 4.98 Å². The van der Waals surface area contributed by atoms with E-state index in [0.29, 0.717) is 43.4 Å². The van der Waals surface area contributed by atoms with Crippen LogP contribution in [-0.4, -0.2) is 19.7 Å². The van der Waals surface area contributed by atoms with Gasteiger partial charge in [-0.3, -0.25) is 0 Å². The molecule has 0 aliphatic carbocycles. The first kappa shape index (κ1) is 18.3. The Labute approximate surface area is 171 Å². The molecule has 136 valence electrons. The minimum Gasteiger partial charge on any atom is -0.392 e. The maximum absolute atomic E-state index is 9.96. The van der Waals surface area contributed by atoms with Gasteiger partial charge in [-0.05, 0) is 31.2 Å². The number of benzene rings is 2. The topological polar surface area (TPSA) is 50.4 Å². The number of rotatable bonds is 3. The van der Waals surface area contributed by atoms with Crippen molar-refractivity contribution in [1.29, 1.82) is 0 Å². The molecule has 2 aromatic carbocycles. The molecule has 0 spiro atoms. The van der Waals surface area contributed by atoms with E-state index in [4.69, 9.17) is 39.9 Å². The van der Waals surface area contributed by atoms with E-state index in [1.54, 1.807) is 16.6 Å². The van der Waals surface area contributed by atoms with E-state index in [-0.39, 0.29) is 6.61 Å². The van der Waals surface area contributed by atoms with Crippen molar-refractivity contribution in [2.75, 3.05) is 0 Å². The molecule has 0 amide bonds. The highest BCUT2D eigenvalue weighted by atomic mass is 35.5. The Morgan fingerprint density at radius 3 is 2.44 bits per heavy atom. The summed E-state index contributed by atoms with van der Waals surface area (Å²) in [5, 5.41) is 16.3. The fourth-order valence-electron chi connectivity index (χ4n) is 3.10. The molecule has 0 fully saturated rings. The van der Waals surface area contributed by atoms with Crippen LogP contribution >= 0.6 is 34.8 Å². The summed E-state index contributed by atoms with van der Waals surface area (Å²) >= 11 is 18.8. The first-order valence-electron chi connectivity index (χ1n) is 8.20. The minimum atomic E-state index is -0.190. The molecule has 4 nitrogen and oxygen atoms in total. The molecule has 2 aromatic heterocycles. The molecule has 2 heterocycles. The van der Waals surface area contributed by atoms with Crippen LogP contribution in [0, 0.1) is 6.92 Å². The molecule has 0 saturated carbocycles. The van der Waals surface area contributed by atoms with Gasteiger partial charge in [0.1, 0.15) is 0 Å². The predicted octanol–water partition coefficient (Wildman–Crippen LogP) is 5.82. The molecular formula is C20H14Cl3N3O. The van der Waals surface area contributed by atoms with Crippen LogP contribution in [0.15, 0.2) is 48.5 Å². The zero-order chi connectivity index (χ0) is 19.1. The molecule has 0 saturated heterocycles. The Morgan fingerprint density at radius 2 is 1.74 bits per heavy atom. The standard InChI is InChI=1S/C20H14Cl3N3O/c1-11-15(10-27)20(14-7-6-12(21)8-17(14)23)26-19(24-11)9-18(25-26)13-4-2-3-5-16(13)22/h2-9,27H,10H2,1H3. The Bertz CT molecular complexity index is 1170. The number of aryl methyl sites for hydroxylation is 1. The Hall–Kier alpha value is -2.11. The summed E-state index contributed by atoms with van der Waals surface area (Å²) in [5.41, 5.74) is 4.89. The molecule has 0 bridgehead atoms.